The molecule has 7 heteroatoms. The van der Waals surface area contributed by atoms with Crippen molar-refractivity contribution in [2.45, 2.75) is 6.18 Å². The molecule has 0 aromatic heterocycles. The lowest BCUT2D eigenvalue weighted by atomic mass is 9.98. The van der Waals surface area contributed by atoms with Crippen LogP contribution in [0.15, 0.2) is 12.1 Å². The first-order valence-electron chi connectivity index (χ1n) is 4.21. The van der Waals surface area contributed by atoms with Crippen LogP contribution >= 0.6 is 0 Å². The van der Waals surface area contributed by atoms with E-state index in [1.807, 2.05) is 0 Å². The molecule has 0 saturated carbocycles. The van der Waals surface area contributed by atoms with Gasteiger partial charge in [0, 0.05) is 11.1 Å². The first-order valence-corrected chi connectivity index (χ1v) is 4.21. The summed E-state index contributed by atoms with van der Waals surface area (Å²) < 4.78 is 37.7. The maximum absolute atomic E-state index is 12.6. The Morgan fingerprint density at radius 3 is 2.35 bits per heavy atom. The number of hydrogen-bond acceptors (Lipinski definition) is 3. The van der Waals surface area contributed by atoms with Crippen LogP contribution in [0, 0.1) is 11.3 Å². The zero-order valence-electron chi connectivity index (χ0n) is 8.21. The highest BCUT2D eigenvalue weighted by Crippen LogP contribution is 2.33. The van der Waals surface area contributed by atoms with Crippen LogP contribution in [0.25, 0.3) is 0 Å². The molecule has 1 aromatic rings. The van der Waals surface area contributed by atoms with Gasteiger partial charge < -0.3 is 5.73 Å². The van der Waals surface area contributed by atoms with Crippen molar-refractivity contribution < 1.29 is 22.8 Å². The van der Waals surface area contributed by atoms with E-state index in [0.717, 1.165) is 6.07 Å². The zero-order chi connectivity index (χ0) is 13.2. The fourth-order valence-corrected chi connectivity index (χ4v) is 1.25. The van der Waals surface area contributed by atoms with E-state index < -0.39 is 34.3 Å². The van der Waals surface area contributed by atoms with Crippen LogP contribution in [-0.2, 0) is 6.18 Å². The summed E-state index contributed by atoms with van der Waals surface area (Å²) in [6.07, 6.45) is -4.92. The van der Waals surface area contributed by atoms with Gasteiger partial charge in [0.1, 0.15) is 0 Å². The minimum Gasteiger partial charge on any atom is -0.366 e. The van der Waals surface area contributed by atoms with Gasteiger partial charge in [-0.25, -0.2) is 0 Å². The Kier molecular flexibility index (Phi) is 3.18. The Morgan fingerprint density at radius 1 is 1.41 bits per heavy atom. The van der Waals surface area contributed by atoms with Crippen LogP contribution in [0.5, 0.6) is 0 Å². The number of hydrogen-bond donors (Lipinski definition) is 1. The quantitative estimate of drug-likeness (QED) is 0.797. The average Bonchev–Trinajstić information content (AvgIpc) is 2.25. The molecule has 0 aliphatic carbocycles. The molecular weight excluding hydrogens is 237 g/mol. The van der Waals surface area contributed by atoms with Crippen LogP contribution in [0.4, 0.5) is 13.2 Å². The highest BCUT2D eigenvalue weighted by atomic mass is 19.4. The first kappa shape index (κ1) is 12.7. The number of amides is 1. The lowest BCUT2D eigenvalue weighted by Gasteiger charge is -2.11. The predicted molar refractivity (Wildman–Crippen MR) is 50.1 cm³/mol. The number of halogens is 3. The van der Waals surface area contributed by atoms with E-state index >= 15 is 0 Å². The van der Waals surface area contributed by atoms with Crippen LogP contribution in [0.2, 0.25) is 0 Å². The molecule has 0 fully saturated rings. The topological polar surface area (TPSA) is 83.9 Å². The number of alkyl halides is 3. The Morgan fingerprint density at radius 2 is 2.00 bits per heavy atom. The third kappa shape index (κ3) is 2.42. The summed E-state index contributed by atoms with van der Waals surface area (Å²) in [7, 11) is 0. The summed E-state index contributed by atoms with van der Waals surface area (Å²) >= 11 is 0. The zero-order valence-corrected chi connectivity index (χ0v) is 8.21. The second-order valence-corrected chi connectivity index (χ2v) is 3.08. The van der Waals surface area contributed by atoms with Crippen LogP contribution in [0.1, 0.15) is 31.8 Å². The molecule has 0 radical (unpaired) electrons. The Bertz CT molecular complexity index is 530. The molecule has 2 N–H and O–H groups in total. The van der Waals surface area contributed by atoms with Gasteiger partial charge >= 0.3 is 6.18 Å². The van der Waals surface area contributed by atoms with Gasteiger partial charge in [-0.3, -0.25) is 9.59 Å². The van der Waals surface area contributed by atoms with Crippen molar-refractivity contribution in [1.82, 2.24) is 0 Å². The van der Waals surface area contributed by atoms with E-state index in [2.05, 4.69) is 0 Å². The van der Waals surface area contributed by atoms with Crippen LogP contribution in [0.3, 0.4) is 0 Å². The molecule has 0 atom stereocenters. The molecule has 0 saturated heterocycles. The number of aldehydes is 1. The van der Waals surface area contributed by atoms with Gasteiger partial charge in [0.25, 0.3) is 0 Å². The van der Waals surface area contributed by atoms with Crippen molar-refractivity contribution in [3.8, 4) is 6.07 Å². The third-order valence-corrected chi connectivity index (χ3v) is 2.01. The normalized spacial score (nSPS) is 10.7. The van der Waals surface area contributed by atoms with Crippen LogP contribution < -0.4 is 5.73 Å². The molecular formula is C10H5F3N2O2. The molecule has 17 heavy (non-hydrogen) atoms. The largest absolute Gasteiger partial charge is 0.417 e. The number of carbonyl (C=O) groups is 2. The van der Waals surface area contributed by atoms with E-state index in [4.69, 9.17) is 11.0 Å². The summed E-state index contributed by atoms with van der Waals surface area (Å²) in [5.41, 5.74) is 1.68. The maximum Gasteiger partial charge on any atom is 0.417 e. The maximum atomic E-state index is 12.6. The molecule has 1 amide bonds. The highest BCUT2D eigenvalue weighted by Gasteiger charge is 2.35. The summed E-state index contributed by atoms with van der Waals surface area (Å²) in [6, 6.07) is 2.72. The molecule has 0 unspecified atom stereocenters. The molecule has 88 valence electrons. The number of nitriles is 1. The molecule has 4 nitrogen and oxygen atoms in total. The molecule has 0 bridgehead atoms. The molecule has 0 aliphatic rings. The summed E-state index contributed by atoms with van der Waals surface area (Å²) in [5, 5.41) is 8.62. The van der Waals surface area contributed by atoms with Gasteiger partial charge in [0.05, 0.1) is 17.2 Å². The standard InChI is InChI=1S/C10H5F3N2O2/c11-10(12,13)8-2-5(9(15)17)1-6(3-14)7(8)4-16/h1-2,4H,(H2,15,17). The smallest absolute Gasteiger partial charge is 0.366 e. The van der Waals surface area contributed by atoms with Crippen molar-refractivity contribution >= 4 is 12.2 Å². The van der Waals surface area contributed by atoms with Gasteiger partial charge in [-0.15, -0.1) is 0 Å². The Balaban J connectivity index is 3.67. The van der Waals surface area contributed by atoms with E-state index in [0.29, 0.717) is 6.07 Å². The van der Waals surface area contributed by atoms with Crippen molar-refractivity contribution in [2.75, 3.05) is 0 Å². The van der Waals surface area contributed by atoms with Gasteiger partial charge in [0.2, 0.25) is 5.91 Å². The number of nitrogens with two attached hydrogens (primary N) is 1. The molecule has 1 rings (SSSR count). The van der Waals surface area contributed by atoms with Crippen molar-refractivity contribution in [1.29, 1.82) is 5.26 Å². The van der Waals surface area contributed by atoms with Crippen molar-refractivity contribution in [3.05, 3.63) is 34.4 Å². The molecule has 0 spiro atoms. The number of primary amides is 1. The van der Waals surface area contributed by atoms with Gasteiger partial charge in [0.15, 0.2) is 6.29 Å². The van der Waals surface area contributed by atoms with Gasteiger partial charge in [-0.2, -0.15) is 18.4 Å². The van der Waals surface area contributed by atoms with Gasteiger partial charge in [-0.1, -0.05) is 0 Å². The SMILES string of the molecule is N#Cc1cc(C(N)=O)cc(C(F)(F)F)c1C=O. The van der Waals surface area contributed by atoms with Crippen molar-refractivity contribution in [3.63, 3.8) is 0 Å². The Hall–Kier alpha value is -2.36. The fraction of sp³-hybridized carbons (Fsp3) is 0.100. The molecule has 0 aliphatic heterocycles. The fourth-order valence-electron chi connectivity index (χ4n) is 1.25. The van der Waals surface area contributed by atoms with E-state index in [9.17, 15) is 22.8 Å². The average molecular weight is 242 g/mol. The van der Waals surface area contributed by atoms with Crippen LogP contribution in [-0.4, -0.2) is 12.2 Å². The lowest BCUT2D eigenvalue weighted by molar-refractivity contribution is -0.137. The number of carbonyl (C=O) groups excluding carboxylic acids is 2. The lowest BCUT2D eigenvalue weighted by Crippen LogP contribution is -2.16. The second-order valence-electron chi connectivity index (χ2n) is 3.08. The molecule has 1 aromatic carbocycles. The summed E-state index contributed by atoms with van der Waals surface area (Å²) in [4.78, 5) is 21.4. The number of rotatable bonds is 2. The Labute approximate surface area is 93.4 Å². The monoisotopic (exact) mass is 242 g/mol. The number of benzene rings is 1. The van der Waals surface area contributed by atoms with Crippen molar-refractivity contribution in [2.24, 2.45) is 5.73 Å². The summed E-state index contributed by atoms with van der Waals surface area (Å²) in [6.45, 7) is 0. The third-order valence-electron chi connectivity index (χ3n) is 2.01. The number of nitrogens with zero attached hydrogens (tertiary/aromatic N) is 1. The minimum atomic E-state index is -4.84. The van der Waals surface area contributed by atoms with E-state index in [1.54, 1.807) is 0 Å². The van der Waals surface area contributed by atoms with Gasteiger partial charge in [-0.05, 0) is 12.1 Å². The molecule has 0 heterocycles. The highest BCUT2D eigenvalue weighted by molar-refractivity contribution is 5.95. The second kappa shape index (κ2) is 4.25. The van der Waals surface area contributed by atoms with E-state index in [1.165, 1.54) is 6.07 Å². The van der Waals surface area contributed by atoms with E-state index in [-0.39, 0.29) is 6.29 Å². The minimum absolute atomic E-state index is 0.0772. The predicted octanol–water partition coefficient (Wildman–Crippen LogP) is 1.49. The first-order chi connectivity index (χ1) is 7.81. The summed E-state index contributed by atoms with van der Waals surface area (Å²) in [5.74, 6) is -1.11.